The highest BCUT2D eigenvalue weighted by Gasteiger charge is 2.18. The molecule has 6 nitrogen and oxygen atoms in total. The summed E-state index contributed by atoms with van der Waals surface area (Å²) < 4.78 is 3.34. The van der Waals surface area contributed by atoms with Gasteiger partial charge in [-0.2, -0.15) is 0 Å². The molecule has 3 rings (SSSR count). The number of carbonyl (C=O) groups is 1. The van der Waals surface area contributed by atoms with E-state index in [2.05, 4.69) is 17.4 Å². The van der Waals surface area contributed by atoms with Crippen LogP contribution in [-0.4, -0.2) is 39.6 Å². The molecule has 0 bridgehead atoms. The second-order valence-corrected chi connectivity index (χ2v) is 6.24. The molecular weight excluding hydrogens is 328 g/mol. The first-order valence-electron chi connectivity index (χ1n) is 8.21. The van der Waals surface area contributed by atoms with Crippen LogP contribution in [0, 0.1) is 0 Å². The van der Waals surface area contributed by atoms with Gasteiger partial charge in [-0.05, 0) is 37.1 Å². The van der Waals surface area contributed by atoms with Crippen molar-refractivity contribution in [2.24, 2.45) is 14.1 Å². The largest absolute Gasteiger partial charge is 0.343 e. The highest BCUT2D eigenvalue weighted by atomic mass is 35.5. The van der Waals surface area contributed by atoms with Gasteiger partial charge in [-0.25, -0.2) is 4.79 Å². The van der Waals surface area contributed by atoms with Crippen molar-refractivity contribution in [3.63, 3.8) is 0 Å². The number of aryl methyl sites for hydroxylation is 2. The molecule has 1 aromatic heterocycles. The Bertz CT molecular complexity index is 781. The second-order valence-electron chi connectivity index (χ2n) is 6.24. The summed E-state index contributed by atoms with van der Waals surface area (Å²) in [7, 11) is 3.59. The van der Waals surface area contributed by atoms with E-state index in [0.717, 1.165) is 55.6 Å². The lowest BCUT2D eigenvalue weighted by Gasteiger charge is -2.15. The zero-order valence-corrected chi connectivity index (χ0v) is 15.1. The Kier molecular flexibility index (Phi) is 6.07. The number of carbonyl (C=O) groups excluding carboxylic acids is 1. The van der Waals surface area contributed by atoms with Gasteiger partial charge in [0.15, 0.2) is 0 Å². The molecule has 0 spiro atoms. The molecule has 0 unspecified atom stereocenters. The van der Waals surface area contributed by atoms with E-state index in [1.165, 1.54) is 0 Å². The number of likely N-dealkylation sites (tertiary alicyclic amines) is 1. The standard InChI is InChI=1S/C17H24N4O2.ClH/c1-19-14-7-6-13(11-15(14)20(2)17(19)23)12-18-8-4-10-21-9-3-5-16(21)22;/h6-7,11,18H,3-5,8-10,12H2,1-2H3;1H. The quantitative estimate of drug-likeness (QED) is 0.799. The van der Waals surface area contributed by atoms with E-state index >= 15 is 0 Å². The lowest BCUT2D eigenvalue weighted by Crippen LogP contribution is -2.28. The molecule has 2 aromatic rings. The van der Waals surface area contributed by atoms with E-state index in [9.17, 15) is 9.59 Å². The highest BCUT2D eigenvalue weighted by Crippen LogP contribution is 2.14. The maximum absolute atomic E-state index is 11.9. The van der Waals surface area contributed by atoms with Gasteiger partial charge < -0.3 is 10.2 Å². The summed E-state index contributed by atoms with van der Waals surface area (Å²) in [5.41, 5.74) is 3.07. The Morgan fingerprint density at radius 1 is 1.12 bits per heavy atom. The molecular formula is C17H25ClN4O2. The van der Waals surface area contributed by atoms with Crippen LogP contribution < -0.4 is 11.0 Å². The van der Waals surface area contributed by atoms with Crippen molar-refractivity contribution in [2.45, 2.75) is 25.8 Å². The van der Waals surface area contributed by atoms with Gasteiger partial charge >= 0.3 is 5.69 Å². The smallest absolute Gasteiger partial charge is 0.328 e. The predicted molar refractivity (Wildman–Crippen MR) is 97.5 cm³/mol. The van der Waals surface area contributed by atoms with E-state index in [1.54, 1.807) is 23.2 Å². The summed E-state index contributed by atoms with van der Waals surface area (Å²) in [5.74, 6) is 0.292. The van der Waals surface area contributed by atoms with Crippen molar-refractivity contribution in [1.29, 1.82) is 0 Å². The average Bonchev–Trinajstić information content (AvgIpc) is 3.05. The number of amides is 1. The van der Waals surface area contributed by atoms with Crippen LogP contribution in [0.3, 0.4) is 0 Å². The zero-order chi connectivity index (χ0) is 16.4. The summed E-state index contributed by atoms with van der Waals surface area (Å²) in [6.45, 7) is 3.41. The third-order valence-corrected chi connectivity index (χ3v) is 4.62. The van der Waals surface area contributed by atoms with Crippen molar-refractivity contribution in [3.8, 4) is 0 Å². The van der Waals surface area contributed by atoms with Crippen LogP contribution in [0.5, 0.6) is 0 Å². The summed E-state index contributed by atoms with van der Waals surface area (Å²) in [6, 6.07) is 6.11. The Balaban J connectivity index is 0.00000208. The summed E-state index contributed by atoms with van der Waals surface area (Å²) in [4.78, 5) is 25.4. The fourth-order valence-electron chi connectivity index (χ4n) is 3.23. The lowest BCUT2D eigenvalue weighted by atomic mass is 10.2. The number of halogens is 1. The van der Waals surface area contributed by atoms with Crippen molar-refractivity contribution in [3.05, 3.63) is 34.2 Å². The average molecular weight is 353 g/mol. The van der Waals surface area contributed by atoms with E-state index in [4.69, 9.17) is 0 Å². The first kappa shape index (κ1) is 18.5. The molecule has 1 fully saturated rings. The molecule has 1 aliphatic heterocycles. The SMILES string of the molecule is Cl.Cn1c(=O)n(C)c2cc(CNCCCN3CCCC3=O)ccc21. The Morgan fingerprint density at radius 3 is 2.58 bits per heavy atom. The third kappa shape index (κ3) is 3.65. The first-order valence-corrected chi connectivity index (χ1v) is 8.21. The maximum Gasteiger partial charge on any atom is 0.328 e. The topological polar surface area (TPSA) is 59.3 Å². The van der Waals surface area contributed by atoms with Crippen LogP contribution in [0.25, 0.3) is 11.0 Å². The monoisotopic (exact) mass is 352 g/mol. The minimum Gasteiger partial charge on any atom is -0.343 e. The van der Waals surface area contributed by atoms with Gasteiger partial charge in [0, 0.05) is 40.2 Å². The number of nitrogens with one attached hydrogen (secondary N) is 1. The molecule has 0 atom stereocenters. The molecule has 1 amide bonds. The van der Waals surface area contributed by atoms with Crippen molar-refractivity contribution >= 4 is 29.3 Å². The number of rotatable bonds is 6. The number of benzene rings is 1. The normalized spacial score (nSPS) is 14.4. The maximum atomic E-state index is 11.9. The summed E-state index contributed by atoms with van der Waals surface area (Å²) in [5, 5.41) is 3.41. The van der Waals surface area contributed by atoms with E-state index < -0.39 is 0 Å². The number of imidazole rings is 1. The van der Waals surface area contributed by atoms with Crippen LogP contribution >= 0.6 is 12.4 Å². The Labute approximate surface area is 147 Å². The number of hydrogen-bond donors (Lipinski definition) is 1. The van der Waals surface area contributed by atoms with Crippen molar-refractivity contribution in [2.75, 3.05) is 19.6 Å². The minimum atomic E-state index is 0. The minimum absolute atomic E-state index is 0. The molecule has 1 saturated heterocycles. The fourth-order valence-corrected chi connectivity index (χ4v) is 3.23. The van der Waals surface area contributed by atoms with Crippen LogP contribution in [0.2, 0.25) is 0 Å². The van der Waals surface area contributed by atoms with Gasteiger partial charge in [-0.3, -0.25) is 13.9 Å². The van der Waals surface area contributed by atoms with E-state index in [0.29, 0.717) is 12.3 Å². The summed E-state index contributed by atoms with van der Waals surface area (Å²) >= 11 is 0. The molecule has 7 heteroatoms. The van der Waals surface area contributed by atoms with Gasteiger partial charge in [0.2, 0.25) is 5.91 Å². The molecule has 132 valence electrons. The van der Waals surface area contributed by atoms with Crippen LogP contribution in [-0.2, 0) is 25.4 Å². The second kappa shape index (κ2) is 7.85. The van der Waals surface area contributed by atoms with Gasteiger partial charge in [0.05, 0.1) is 11.0 Å². The van der Waals surface area contributed by atoms with Crippen LogP contribution in [0.1, 0.15) is 24.8 Å². The number of fused-ring (bicyclic) bond motifs is 1. The van der Waals surface area contributed by atoms with E-state index in [1.807, 2.05) is 11.0 Å². The first-order chi connectivity index (χ1) is 11.1. The Hall–Kier alpha value is -1.79. The van der Waals surface area contributed by atoms with Gasteiger partial charge in [0.1, 0.15) is 0 Å². The lowest BCUT2D eigenvalue weighted by molar-refractivity contribution is -0.127. The highest BCUT2D eigenvalue weighted by molar-refractivity contribution is 5.85. The molecule has 1 N–H and O–H groups in total. The van der Waals surface area contributed by atoms with Gasteiger partial charge in [-0.1, -0.05) is 6.07 Å². The molecule has 0 aliphatic carbocycles. The van der Waals surface area contributed by atoms with E-state index in [-0.39, 0.29) is 18.1 Å². The number of nitrogens with zero attached hydrogens (tertiary/aromatic N) is 3. The van der Waals surface area contributed by atoms with Crippen LogP contribution in [0.4, 0.5) is 0 Å². The Morgan fingerprint density at radius 2 is 1.88 bits per heavy atom. The van der Waals surface area contributed by atoms with Crippen molar-refractivity contribution in [1.82, 2.24) is 19.4 Å². The van der Waals surface area contributed by atoms with Gasteiger partial charge in [-0.15, -0.1) is 12.4 Å². The molecule has 1 aliphatic rings. The molecule has 0 saturated carbocycles. The predicted octanol–water partition coefficient (Wildman–Crippen LogP) is 1.40. The zero-order valence-electron chi connectivity index (χ0n) is 14.2. The molecule has 2 heterocycles. The van der Waals surface area contributed by atoms with Crippen LogP contribution in [0.15, 0.2) is 23.0 Å². The van der Waals surface area contributed by atoms with Gasteiger partial charge in [0.25, 0.3) is 0 Å². The number of aromatic nitrogens is 2. The number of hydrogen-bond acceptors (Lipinski definition) is 3. The van der Waals surface area contributed by atoms with Crippen molar-refractivity contribution < 1.29 is 4.79 Å². The molecule has 24 heavy (non-hydrogen) atoms. The summed E-state index contributed by atoms with van der Waals surface area (Å²) in [6.07, 6.45) is 2.68. The molecule has 1 aromatic carbocycles. The molecule has 0 radical (unpaired) electrons. The fraction of sp³-hybridized carbons (Fsp3) is 0.529. The third-order valence-electron chi connectivity index (χ3n) is 4.62.